The van der Waals surface area contributed by atoms with Crippen LogP contribution in [0.15, 0.2) is 12.1 Å². The van der Waals surface area contributed by atoms with Gasteiger partial charge in [0.1, 0.15) is 0 Å². The first-order valence-corrected chi connectivity index (χ1v) is 6.65. The molecule has 1 aliphatic heterocycles. The summed E-state index contributed by atoms with van der Waals surface area (Å²) >= 11 is 0. The van der Waals surface area contributed by atoms with Gasteiger partial charge in [0, 0.05) is 36.3 Å². The van der Waals surface area contributed by atoms with E-state index in [1.807, 2.05) is 0 Å². The standard InChI is InChI=1S/C14H21N3/c1-17-6-2-3-11(9-17)13-5-4-10-7-12(15)8-14(10)16-13/h4-5,11-12H,2-3,6-9,15H2,1H3. The van der Waals surface area contributed by atoms with E-state index in [1.165, 1.54) is 36.3 Å². The third-order valence-corrected chi connectivity index (χ3v) is 4.07. The predicted octanol–water partition coefficient (Wildman–Crippen LogP) is 1.32. The van der Waals surface area contributed by atoms with Gasteiger partial charge in [-0.3, -0.25) is 4.98 Å². The Kier molecular flexibility index (Phi) is 2.89. The largest absolute Gasteiger partial charge is 0.327 e. The van der Waals surface area contributed by atoms with Gasteiger partial charge in [0.05, 0.1) is 0 Å². The Morgan fingerprint density at radius 3 is 3.06 bits per heavy atom. The molecule has 1 fully saturated rings. The van der Waals surface area contributed by atoms with Crippen molar-refractivity contribution in [2.45, 2.75) is 37.6 Å². The molecule has 0 amide bonds. The van der Waals surface area contributed by atoms with Crippen molar-refractivity contribution in [3.63, 3.8) is 0 Å². The van der Waals surface area contributed by atoms with Gasteiger partial charge in [-0.1, -0.05) is 6.07 Å². The van der Waals surface area contributed by atoms with E-state index in [4.69, 9.17) is 10.7 Å². The van der Waals surface area contributed by atoms with E-state index in [0.29, 0.717) is 12.0 Å². The molecule has 2 unspecified atom stereocenters. The second-order valence-electron chi connectivity index (χ2n) is 5.61. The van der Waals surface area contributed by atoms with Crippen LogP contribution in [0, 0.1) is 0 Å². The van der Waals surface area contributed by atoms with Crippen molar-refractivity contribution in [2.75, 3.05) is 20.1 Å². The lowest BCUT2D eigenvalue weighted by atomic mass is 9.94. The van der Waals surface area contributed by atoms with Gasteiger partial charge in [-0.2, -0.15) is 0 Å². The number of nitrogens with zero attached hydrogens (tertiary/aromatic N) is 2. The van der Waals surface area contributed by atoms with E-state index in [9.17, 15) is 0 Å². The van der Waals surface area contributed by atoms with Gasteiger partial charge in [-0.15, -0.1) is 0 Å². The molecule has 0 saturated carbocycles. The summed E-state index contributed by atoms with van der Waals surface area (Å²) < 4.78 is 0. The van der Waals surface area contributed by atoms with E-state index in [2.05, 4.69) is 24.1 Å². The molecule has 0 bridgehead atoms. The van der Waals surface area contributed by atoms with Crippen LogP contribution < -0.4 is 5.73 Å². The number of likely N-dealkylation sites (N-methyl/N-ethyl adjacent to an activating group) is 1. The van der Waals surface area contributed by atoms with E-state index in [1.54, 1.807) is 0 Å². The van der Waals surface area contributed by atoms with Crippen molar-refractivity contribution in [1.29, 1.82) is 0 Å². The van der Waals surface area contributed by atoms with Gasteiger partial charge < -0.3 is 10.6 Å². The summed E-state index contributed by atoms with van der Waals surface area (Å²) in [6.07, 6.45) is 4.54. The van der Waals surface area contributed by atoms with Crippen LogP contribution in [0.25, 0.3) is 0 Å². The maximum Gasteiger partial charge on any atom is 0.0455 e. The summed E-state index contributed by atoms with van der Waals surface area (Å²) in [5.74, 6) is 0.621. The second-order valence-corrected chi connectivity index (χ2v) is 5.61. The fourth-order valence-corrected chi connectivity index (χ4v) is 3.15. The molecule has 3 rings (SSSR count). The zero-order valence-corrected chi connectivity index (χ0v) is 10.5. The summed E-state index contributed by atoms with van der Waals surface area (Å²) in [5, 5.41) is 0. The average molecular weight is 231 g/mol. The van der Waals surface area contributed by atoms with Crippen molar-refractivity contribution in [1.82, 2.24) is 9.88 Å². The molecule has 1 aromatic rings. The topological polar surface area (TPSA) is 42.2 Å². The van der Waals surface area contributed by atoms with Crippen LogP contribution in [-0.4, -0.2) is 36.1 Å². The predicted molar refractivity (Wildman–Crippen MR) is 69.1 cm³/mol. The van der Waals surface area contributed by atoms with Crippen LogP contribution in [-0.2, 0) is 12.8 Å². The molecule has 92 valence electrons. The number of pyridine rings is 1. The van der Waals surface area contributed by atoms with Crippen LogP contribution in [0.3, 0.4) is 0 Å². The van der Waals surface area contributed by atoms with Crippen LogP contribution >= 0.6 is 0 Å². The molecule has 3 nitrogen and oxygen atoms in total. The molecule has 1 aliphatic carbocycles. The third kappa shape index (κ3) is 2.22. The monoisotopic (exact) mass is 231 g/mol. The average Bonchev–Trinajstić information content (AvgIpc) is 2.68. The van der Waals surface area contributed by atoms with E-state index in [0.717, 1.165) is 19.4 Å². The molecule has 2 atom stereocenters. The number of fused-ring (bicyclic) bond motifs is 1. The number of hydrogen-bond donors (Lipinski definition) is 1. The Bertz CT molecular complexity index is 416. The Balaban J connectivity index is 1.82. The summed E-state index contributed by atoms with van der Waals surface area (Å²) in [4.78, 5) is 7.27. The second kappa shape index (κ2) is 4.39. The number of likely N-dealkylation sites (tertiary alicyclic amines) is 1. The van der Waals surface area contributed by atoms with Gasteiger partial charge >= 0.3 is 0 Å². The van der Waals surface area contributed by atoms with Crippen LogP contribution in [0.4, 0.5) is 0 Å². The molecule has 3 heteroatoms. The van der Waals surface area contributed by atoms with E-state index in [-0.39, 0.29) is 0 Å². The first-order valence-electron chi connectivity index (χ1n) is 6.65. The molecule has 0 radical (unpaired) electrons. The lowest BCUT2D eigenvalue weighted by molar-refractivity contribution is 0.248. The zero-order valence-electron chi connectivity index (χ0n) is 10.5. The Hall–Kier alpha value is -0.930. The van der Waals surface area contributed by atoms with Gasteiger partial charge in [-0.25, -0.2) is 0 Å². The molecule has 2 aliphatic rings. The molecule has 17 heavy (non-hydrogen) atoms. The highest BCUT2D eigenvalue weighted by Gasteiger charge is 2.24. The van der Waals surface area contributed by atoms with E-state index < -0.39 is 0 Å². The lowest BCUT2D eigenvalue weighted by Gasteiger charge is -2.29. The Morgan fingerprint density at radius 1 is 1.35 bits per heavy atom. The SMILES string of the molecule is CN1CCCC(c2ccc3c(n2)CC(N)C3)C1. The quantitative estimate of drug-likeness (QED) is 0.792. The first kappa shape index (κ1) is 11.2. The van der Waals surface area contributed by atoms with Crippen molar-refractivity contribution in [3.8, 4) is 0 Å². The van der Waals surface area contributed by atoms with Crippen LogP contribution in [0.1, 0.15) is 35.7 Å². The van der Waals surface area contributed by atoms with Gasteiger partial charge in [0.25, 0.3) is 0 Å². The molecule has 1 saturated heterocycles. The summed E-state index contributed by atoms with van der Waals surface area (Å²) in [7, 11) is 2.20. The summed E-state index contributed by atoms with van der Waals surface area (Å²) in [6.45, 7) is 2.38. The zero-order chi connectivity index (χ0) is 11.8. The highest BCUT2D eigenvalue weighted by Crippen LogP contribution is 2.27. The molecular weight excluding hydrogens is 210 g/mol. The molecule has 0 spiro atoms. The Morgan fingerprint density at radius 2 is 2.24 bits per heavy atom. The minimum absolute atomic E-state index is 0.293. The van der Waals surface area contributed by atoms with Gasteiger partial charge in [0.2, 0.25) is 0 Å². The van der Waals surface area contributed by atoms with Crippen molar-refractivity contribution in [2.24, 2.45) is 5.73 Å². The number of nitrogens with two attached hydrogens (primary N) is 1. The minimum Gasteiger partial charge on any atom is -0.327 e. The smallest absolute Gasteiger partial charge is 0.0455 e. The molecule has 0 aromatic carbocycles. The maximum atomic E-state index is 5.99. The normalized spacial score (nSPS) is 29.3. The summed E-state index contributed by atoms with van der Waals surface area (Å²) in [6, 6.07) is 4.77. The van der Waals surface area contributed by atoms with Gasteiger partial charge in [-0.05, 0) is 44.5 Å². The van der Waals surface area contributed by atoms with Crippen molar-refractivity contribution < 1.29 is 0 Å². The number of hydrogen-bond acceptors (Lipinski definition) is 3. The van der Waals surface area contributed by atoms with Gasteiger partial charge in [0.15, 0.2) is 0 Å². The number of rotatable bonds is 1. The van der Waals surface area contributed by atoms with Crippen molar-refractivity contribution in [3.05, 3.63) is 29.1 Å². The van der Waals surface area contributed by atoms with Crippen LogP contribution in [0.2, 0.25) is 0 Å². The highest BCUT2D eigenvalue weighted by molar-refractivity contribution is 5.30. The molecule has 2 N–H and O–H groups in total. The molecule has 2 heterocycles. The fourth-order valence-electron chi connectivity index (χ4n) is 3.15. The van der Waals surface area contributed by atoms with E-state index >= 15 is 0 Å². The maximum absolute atomic E-state index is 5.99. The molecular formula is C14H21N3. The number of piperidine rings is 1. The Labute approximate surface area is 103 Å². The van der Waals surface area contributed by atoms with Crippen molar-refractivity contribution >= 4 is 0 Å². The molecule has 1 aromatic heterocycles. The first-order chi connectivity index (χ1) is 8.22. The number of aromatic nitrogens is 1. The fraction of sp³-hybridized carbons (Fsp3) is 0.643. The highest BCUT2D eigenvalue weighted by atomic mass is 15.1. The lowest BCUT2D eigenvalue weighted by Crippen LogP contribution is -2.31. The minimum atomic E-state index is 0.293. The summed E-state index contributed by atoms with van der Waals surface area (Å²) in [5.41, 5.74) is 9.89. The third-order valence-electron chi connectivity index (χ3n) is 4.07. The van der Waals surface area contributed by atoms with Crippen LogP contribution in [0.5, 0.6) is 0 Å².